The van der Waals surface area contributed by atoms with Crippen molar-refractivity contribution >= 4 is 6.09 Å². The molecule has 1 saturated heterocycles. The van der Waals surface area contributed by atoms with Gasteiger partial charge in [-0.1, -0.05) is 20.8 Å². The van der Waals surface area contributed by atoms with Gasteiger partial charge in [0.25, 0.3) is 0 Å². The number of likely N-dealkylation sites (tertiary alicyclic amines) is 1. The number of ether oxygens (including phenoxy) is 2. The van der Waals surface area contributed by atoms with Crippen molar-refractivity contribution in [3.8, 4) is 0 Å². The Balaban J connectivity index is 2.06. The summed E-state index contributed by atoms with van der Waals surface area (Å²) in [5.41, 5.74) is 0.702. The minimum Gasteiger partial charge on any atom is -0.444 e. The second-order valence-electron chi connectivity index (χ2n) is 9.39. The molecule has 0 aliphatic carbocycles. The fourth-order valence-electron chi connectivity index (χ4n) is 3.05. The minimum atomic E-state index is -0.494. The summed E-state index contributed by atoms with van der Waals surface area (Å²) in [5, 5.41) is 0. The third-order valence-electron chi connectivity index (χ3n) is 4.33. The average molecular weight is 366 g/mol. The van der Waals surface area contributed by atoms with Gasteiger partial charge in [-0.25, -0.2) is 9.78 Å². The van der Waals surface area contributed by atoms with Gasteiger partial charge < -0.3 is 14.0 Å². The normalized spacial score (nSPS) is 18.4. The Morgan fingerprint density at radius 2 is 1.96 bits per heavy atom. The van der Waals surface area contributed by atoms with Gasteiger partial charge in [-0.05, 0) is 52.4 Å². The van der Waals surface area contributed by atoms with Crippen LogP contribution in [0.3, 0.4) is 0 Å². The van der Waals surface area contributed by atoms with Crippen LogP contribution in [0.25, 0.3) is 0 Å². The van der Waals surface area contributed by atoms with Gasteiger partial charge in [0.15, 0.2) is 0 Å². The highest BCUT2D eigenvalue weighted by atomic mass is 16.6. The fourth-order valence-corrected chi connectivity index (χ4v) is 3.05. The standard InChI is InChI=1S/C20H35N3O3/c1-15-13-22(14-25-12-10-19(2,3)4)17(21-15)16-9-8-11-23(16)18(24)26-20(5,6)7/h13,16H,8-12,14H2,1-7H3. The van der Waals surface area contributed by atoms with Crippen molar-refractivity contribution in [2.24, 2.45) is 5.41 Å². The number of amides is 1. The molecule has 148 valence electrons. The van der Waals surface area contributed by atoms with Gasteiger partial charge in [0.2, 0.25) is 0 Å². The van der Waals surface area contributed by atoms with Gasteiger partial charge in [0.1, 0.15) is 18.2 Å². The zero-order valence-electron chi connectivity index (χ0n) is 17.5. The molecule has 0 spiro atoms. The zero-order chi connectivity index (χ0) is 19.5. The summed E-state index contributed by atoms with van der Waals surface area (Å²) in [4.78, 5) is 19.1. The van der Waals surface area contributed by atoms with E-state index in [0.717, 1.165) is 30.8 Å². The van der Waals surface area contributed by atoms with Crippen molar-refractivity contribution in [3.05, 3.63) is 17.7 Å². The summed E-state index contributed by atoms with van der Waals surface area (Å²) in [7, 11) is 0. The maximum Gasteiger partial charge on any atom is 0.410 e. The van der Waals surface area contributed by atoms with Crippen molar-refractivity contribution in [1.29, 1.82) is 0 Å². The molecule has 1 aromatic heterocycles. The number of aryl methyl sites for hydroxylation is 1. The molecule has 1 fully saturated rings. The Morgan fingerprint density at radius 1 is 1.27 bits per heavy atom. The molecule has 0 N–H and O–H groups in total. The molecule has 2 heterocycles. The predicted octanol–water partition coefficient (Wildman–Crippen LogP) is 4.67. The van der Waals surface area contributed by atoms with Gasteiger partial charge in [0.05, 0.1) is 11.7 Å². The minimum absolute atomic E-state index is 0.0511. The summed E-state index contributed by atoms with van der Waals surface area (Å²) >= 11 is 0. The topological polar surface area (TPSA) is 56.6 Å². The average Bonchev–Trinajstić information content (AvgIpc) is 3.06. The lowest BCUT2D eigenvalue weighted by Gasteiger charge is -2.28. The van der Waals surface area contributed by atoms with Gasteiger partial charge in [-0.3, -0.25) is 4.90 Å². The van der Waals surface area contributed by atoms with E-state index in [0.29, 0.717) is 19.9 Å². The van der Waals surface area contributed by atoms with Crippen LogP contribution in [0.5, 0.6) is 0 Å². The molecule has 0 saturated carbocycles. The number of carbonyl (C=O) groups is 1. The first kappa shape index (κ1) is 20.7. The SMILES string of the molecule is Cc1cn(COCCC(C)(C)C)c(C2CCCN2C(=O)OC(C)(C)C)n1. The Bertz CT molecular complexity index is 611. The van der Waals surface area contributed by atoms with Gasteiger partial charge in [-0.15, -0.1) is 0 Å². The van der Waals surface area contributed by atoms with Crippen LogP contribution in [-0.4, -0.2) is 39.3 Å². The van der Waals surface area contributed by atoms with Crippen molar-refractivity contribution < 1.29 is 14.3 Å². The lowest BCUT2D eigenvalue weighted by atomic mass is 9.93. The van der Waals surface area contributed by atoms with Gasteiger partial charge in [-0.2, -0.15) is 0 Å². The molecule has 0 aromatic carbocycles. The van der Waals surface area contributed by atoms with E-state index in [9.17, 15) is 4.79 Å². The molecule has 1 aliphatic heterocycles. The number of aromatic nitrogens is 2. The molecule has 1 aromatic rings. The first-order valence-electron chi connectivity index (χ1n) is 9.57. The van der Waals surface area contributed by atoms with Crippen LogP contribution in [0, 0.1) is 12.3 Å². The van der Waals surface area contributed by atoms with E-state index in [1.54, 1.807) is 4.90 Å². The zero-order valence-corrected chi connectivity index (χ0v) is 17.5. The van der Waals surface area contributed by atoms with Crippen LogP contribution in [0.15, 0.2) is 6.20 Å². The van der Waals surface area contributed by atoms with Crippen molar-refractivity contribution in [2.45, 2.75) is 86.1 Å². The predicted molar refractivity (Wildman–Crippen MR) is 102 cm³/mol. The lowest BCUT2D eigenvalue weighted by Crippen LogP contribution is -2.37. The third kappa shape index (κ3) is 6.01. The molecule has 0 radical (unpaired) electrons. The molecule has 6 nitrogen and oxygen atoms in total. The van der Waals surface area contributed by atoms with Crippen molar-refractivity contribution in [2.75, 3.05) is 13.2 Å². The summed E-state index contributed by atoms with van der Waals surface area (Å²) < 4.78 is 13.5. The Hall–Kier alpha value is -1.56. The molecular formula is C20H35N3O3. The van der Waals surface area contributed by atoms with E-state index < -0.39 is 5.60 Å². The van der Waals surface area contributed by atoms with Crippen molar-refractivity contribution in [1.82, 2.24) is 14.5 Å². The second-order valence-corrected chi connectivity index (χ2v) is 9.39. The Morgan fingerprint density at radius 3 is 2.58 bits per heavy atom. The van der Waals surface area contributed by atoms with E-state index in [1.165, 1.54) is 0 Å². The van der Waals surface area contributed by atoms with Crippen LogP contribution in [0.1, 0.15) is 78.4 Å². The second kappa shape index (κ2) is 7.99. The van der Waals surface area contributed by atoms with Gasteiger partial charge >= 0.3 is 6.09 Å². The molecule has 1 unspecified atom stereocenters. The van der Waals surface area contributed by atoms with E-state index in [-0.39, 0.29) is 17.6 Å². The number of nitrogens with zero attached hydrogens (tertiary/aromatic N) is 3. The largest absolute Gasteiger partial charge is 0.444 e. The molecule has 2 rings (SSSR count). The van der Waals surface area contributed by atoms with Gasteiger partial charge in [0, 0.05) is 19.3 Å². The molecule has 1 atom stereocenters. The number of carbonyl (C=O) groups excluding carboxylic acids is 1. The number of hydrogen-bond donors (Lipinski definition) is 0. The Kier molecular flexibility index (Phi) is 6.37. The number of hydrogen-bond acceptors (Lipinski definition) is 4. The monoisotopic (exact) mass is 365 g/mol. The molecule has 6 heteroatoms. The van der Waals surface area contributed by atoms with Crippen LogP contribution in [0.4, 0.5) is 4.79 Å². The molecular weight excluding hydrogens is 330 g/mol. The number of imidazole rings is 1. The highest BCUT2D eigenvalue weighted by molar-refractivity contribution is 5.69. The smallest absolute Gasteiger partial charge is 0.410 e. The Labute approximate surface area is 157 Å². The van der Waals surface area contributed by atoms with E-state index in [1.807, 2.05) is 38.5 Å². The molecule has 26 heavy (non-hydrogen) atoms. The third-order valence-corrected chi connectivity index (χ3v) is 4.33. The molecule has 1 amide bonds. The van der Waals surface area contributed by atoms with Crippen molar-refractivity contribution in [3.63, 3.8) is 0 Å². The van der Waals surface area contributed by atoms with Crippen LogP contribution < -0.4 is 0 Å². The summed E-state index contributed by atoms with van der Waals surface area (Å²) in [5.74, 6) is 0.890. The summed E-state index contributed by atoms with van der Waals surface area (Å²) in [6.45, 7) is 16.2. The highest BCUT2D eigenvalue weighted by Crippen LogP contribution is 2.33. The number of rotatable bonds is 5. The van der Waals surface area contributed by atoms with Crippen LogP contribution in [-0.2, 0) is 16.2 Å². The lowest BCUT2D eigenvalue weighted by molar-refractivity contribution is 0.0196. The van der Waals surface area contributed by atoms with E-state index >= 15 is 0 Å². The summed E-state index contributed by atoms with van der Waals surface area (Å²) in [6.07, 6.45) is 4.60. The van der Waals surface area contributed by atoms with Crippen LogP contribution >= 0.6 is 0 Å². The molecule has 0 bridgehead atoms. The van der Waals surface area contributed by atoms with E-state index in [2.05, 4.69) is 25.8 Å². The fraction of sp³-hybridized carbons (Fsp3) is 0.800. The maximum atomic E-state index is 12.6. The maximum absolute atomic E-state index is 12.6. The summed E-state index contributed by atoms with van der Waals surface area (Å²) in [6, 6.07) is -0.0511. The first-order chi connectivity index (χ1) is 12.0. The van der Waals surface area contributed by atoms with Crippen LogP contribution in [0.2, 0.25) is 0 Å². The molecule has 1 aliphatic rings. The van der Waals surface area contributed by atoms with E-state index in [4.69, 9.17) is 9.47 Å². The first-order valence-corrected chi connectivity index (χ1v) is 9.57. The highest BCUT2D eigenvalue weighted by Gasteiger charge is 2.35. The quantitative estimate of drug-likeness (QED) is 0.711.